The number of carbonyl (C=O) groups is 1. The van der Waals surface area contributed by atoms with E-state index in [0.717, 1.165) is 0 Å². The molecule has 0 amide bonds. The molecule has 0 aliphatic heterocycles. The maximum Gasteiger partial charge on any atom is 0.322 e. The van der Waals surface area contributed by atoms with Crippen molar-refractivity contribution >= 4 is 21.9 Å². The van der Waals surface area contributed by atoms with Gasteiger partial charge in [0.05, 0.1) is 7.11 Å². The van der Waals surface area contributed by atoms with Gasteiger partial charge in [0.15, 0.2) is 0 Å². The maximum absolute atomic E-state index is 12.7. The molecule has 0 saturated carbocycles. The van der Waals surface area contributed by atoms with Crippen molar-refractivity contribution in [2.24, 2.45) is 0 Å². The van der Waals surface area contributed by atoms with E-state index >= 15 is 0 Å². The van der Waals surface area contributed by atoms with Crippen molar-refractivity contribution in [1.82, 2.24) is 0 Å². The average Bonchev–Trinajstić information content (AvgIpc) is 2.25. The van der Waals surface area contributed by atoms with Gasteiger partial charge in [-0.15, -0.1) is 0 Å². The normalized spacial score (nSPS) is 11.9. The molecular formula is C10H10BrFO3. The Labute approximate surface area is 95.3 Å². The van der Waals surface area contributed by atoms with Crippen LogP contribution in [0, 0.1) is 5.82 Å². The molecule has 3 nitrogen and oxygen atoms in total. The molecule has 0 bridgehead atoms. The largest absolute Gasteiger partial charge is 0.492 e. The summed E-state index contributed by atoms with van der Waals surface area (Å²) < 4.78 is 22.4. The fraction of sp³-hybridized carbons (Fsp3) is 0.300. The molecule has 1 rings (SSSR count). The van der Waals surface area contributed by atoms with E-state index in [9.17, 15) is 9.18 Å². The number of ether oxygens (including phenoxy) is 2. The second kappa shape index (κ2) is 5.70. The molecule has 82 valence electrons. The van der Waals surface area contributed by atoms with Crippen LogP contribution in [0.5, 0.6) is 5.75 Å². The van der Waals surface area contributed by atoms with Gasteiger partial charge in [0, 0.05) is 6.07 Å². The van der Waals surface area contributed by atoms with Gasteiger partial charge < -0.3 is 9.47 Å². The Morgan fingerprint density at radius 3 is 2.93 bits per heavy atom. The highest BCUT2D eigenvalue weighted by atomic mass is 79.9. The van der Waals surface area contributed by atoms with Crippen LogP contribution < -0.4 is 4.74 Å². The molecule has 0 aliphatic rings. The molecule has 1 aromatic rings. The number of benzene rings is 1. The summed E-state index contributed by atoms with van der Waals surface area (Å²) in [6.45, 7) is 0.0934. The Hall–Kier alpha value is -1.10. The predicted molar refractivity (Wildman–Crippen MR) is 56.6 cm³/mol. The third kappa shape index (κ3) is 3.87. The highest BCUT2D eigenvalue weighted by molar-refractivity contribution is 9.10. The van der Waals surface area contributed by atoms with Crippen molar-refractivity contribution in [2.75, 3.05) is 13.7 Å². The van der Waals surface area contributed by atoms with E-state index in [0.29, 0.717) is 5.75 Å². The molecule has 1 atom stereocenters. The van der Waals surface area contributed by atoms with E-state index in [1.165, 1.54) is 25.3 Å². The molecule has 5 heteroatoms. The summed E-state index contributed by atoms with van der Waals surface area (Å²) in [5.74, 6) is -0.425. The van der Waals surface area contributed by atoms with E-state index < -0.39 is 10.8 Å². The maximum atomic E-state index is 12.7. The van der Waals surface area contributed by atoms with E-state index in [1.807, 2.05) is 0 Å². The minimum absolute atomic E-state index is 0.0934. The van der Waals surface area contributed by atoms with Gasteiger partial charge in [0.2, 0.25) is 0 Å². The van der Waals surface area contributed by atoms with Crippen LogP contribution in [0.1, 0.15) is 0 Å². The quantitative estimate of drug-likeness (QED) is 0.625. The van der Waals surface area contributed by atoms with Crippen LogP contribution in [0.3, 0.4) is 0 Å². The summed E-state index contributed by atoms with van der Waals surface area (Å²) in [6, 6.07) is 5.71. The first-order valence-corrected chi connectivity index (χ1v) is 5.15. The summed E-state index contributed by atoms with van der Waals surface area (Å²) in [7, 11) is 1.29. The highest BCUT2D eigenvalue weighted by Gasteiger charge is 2.15. The van der Waals surface area contributed by atoms with Crippen molar-refractivity contribution in [1.29, 1.82) is 0 Å². The average molecular weight is 277 g/mol. The number of hydrogen-bond donors (Lipinski definition) is 0. The van der Waals surface area contributed by atoms with E-state index in [2.05, 4.69) is 20.7 Å². The second-order valence-electron chi connectivity index (χ2n) is 2.76. The molecule has 0 saturated heterocycles. The van der Waals surface area contributed by atoms with Gasteiger partial charge in [-0.3, -0.25) is 4.79 Å². The minimum atomic E-state index is -0.550. The molecule has 0 aliphatic carbocycles. The molecular weight excluding hydrogens is 267 g/mol. The van der Waals surface area contributed by atoms with E-state index in [4.69, 9.17) is 4.74 Å². The predicted octanol–water partition coefficient (Wildman–Crippen LogP) is 2.14. The zero-order valence-electron chi connectivity index (χ0n) is 8.07. The van der Waals surface area contributed by atoms with Crippen LogP contribution in [-0.4, -0.2) is 24.5 Å². The number of halogens is 2. The summed E-state index contributed by atoms with van der Waals surface area (Å²) >= 11 is 3.09. The Morgan fingerprint density at radius 2 is 2.33 bits per heavy atom. The zero-order valence-corrected chi connectivity index (χ0v) is 9.66. The van der Waals surface area contributed by atoms with Gasteiger partial charge in [-0.2, -0.15) is 0 Å². The number of carbonyl (C=O) groups excluding carboxylic acids is 1. The number of alkyl halides is 1. The molecule has 0 radical (unpaired) electrons. The standard InChI is InChI=1S/C10H10BrFO3/c1-14-10(13)9(11)6-15-8-4-2-3-7(12)5-8/h2-5,9H,6H2,1H3. The smallest absolute Gasteiger partial charge is 0.322 e. The minimum Gasteiger partial charge on any atom is -0.492 e. The molecule has 0 aromatic heterocycles. The zero-order chi connectivity index (χ0) is 11.3. The summed E-state index contributed by atoms with van der Waals surface area (Å²) in [6.07, 6.45) is 0. The van der Waals surface area contributed by atoms with Crippen LogP contribution in [0.25, 0.3) is 0 Å². The number of esters is 1. The van der Waals surface area contributed by atoms with Gasteiger partial charge in [0.1, 0.15) is 23.0 Å². The molecule has 15 heavy (non-hydrogen) atoms. The van der Waals surface area contributed by atoms with E-state index in [-0.39, 0.29) is 12.4 Å². The van der Waals surface area contributed by atoms with Gasteiger partial charge in [-0.1, -0.05) is 22.0 Å². The summed E-state index contributed by atoms with van der Waals surface area (Å²) in [4.78, 5) is 10.4. The molecule has 1 aromatic carbocycles. The third-order valence-corrected chi connectivity index (χ3v) is 2.29. The van der Waals surface area contributed by atoms with Crippen molar-refractivity contribution in [3.63, 3.8) is 0 Å². The fourth-order valence-electron chi connectivity index (χ4n) is 0.922. The number of methoxy groups -OCH3 is 1. The number of hydrogen-bond acceptors (Lipinski definition) is 3. The monoisotopic (exact) mass is 276 g/mol. The molecule has 0 heterocycles. The Morgan fingerprint density at radius 1 is 1.60 bits per heavy atom. The SMILES string of the molecule is COC(=O)C(Br)COc1cccc(F)c1. The van der Waals surface area contributed by atoms with Crippen molar-refractivity contribution in [3.05, 3.63) is 30.1 Å². The summed E-state index contributed by atoms with van der Waals surface area (Å²) in [5, 5.41) is 0. The van der Waals surface area contributed by atoms with Gasteiger partial charge in [0.25, 0.3) is 0 Å². The third-order valence-electron chi connectivity index (χ3n) is 1.65. The molecule has 1 unspecified atom stereocenters. The summed E-state index contributed by atoms with van der Waals surface area (Å²) in [5.41, 5.74) is 0. The Bertz CT molecular complexity index is 343. The van der Waals surface area contributed by atoms with Gasteiger partial charge in [-0.05, 0) is 12.1 Å². The van der Waals surface area contributed by atoms with Crippen LogP contribution in [-0.2, 0) is 9.53 Å². The molecule has 0 spiro atoms. The Balaban J connectivity index is 2.47. The lowest BCUT2D eigenvalue weighted by Gasteiger charge is -2.09. The van der Waals surface area contributed by atoms with E-state index in [1.54, 1.807) is 6.07 Å². The second-order valence-corrected chi connectivity index (χ2v) is 3.86. The van der Waals surface area contributed by atoms with Gasteiger partial charge in [-0.25, -0.2) is 4.39 Å². The lowest BCUT2D eigenvalue weighted by Crippen LogP contribution is -2.22. The first-order chi connectivity index (χ1) is 7.13. The number of rotatable bonds is 4. The Kier molecular flexibility index (Phi) is 4.55. The first kappa shape index (κ1) is 12.0. The van der Waals surface area contributed by atoms with Crippen molar-refractivity contribution in [2.45, 2.75) is 4.83 Å². The topological polar surface area (TPSA) is 35.5 Å². The van der Waals surface area contributed by atoms with Crippen LogP contribution in [0.15, 0.2) is 24.3 Å². The first-order valence-electron chi connectivity index (χ1n) is 4.23. The van der Waals surface area contributed by atoms with Crippen molar-refractivity contribution in [3.8, 4) is 5.75 Å². The van der Waals surface area contributed by atoms with Crippen LogP contribution in [0.4, 0.5) is 4.39 Å². The van der Waals surface area contributed by atoms with Crippen LogP contribution in [0.2, 0.25) is 0 Å². The van der Waals surface area contributed by atoms with Gasteiger partial charge >= 0.3 is 5.97 Å². The fourth-order valence-corrected chi connectivity index (χ4v) is 1.24. The van der Waals surface area contributed by atoms with Crippen molar-refractivity contribution < 1.29 is 18.7 Å². The van der Waals surface area contributed by atoms with Crippen LogP contribution >= 0.6 is 15.9 Å². The lowest BCUT2D eigenvalue weighted by atomic mass is 10.3. The molecule has 0 fully saturated rings. The lowest BCUT2D eigenvalue weighted by molar-refractivity contribution is -0.140. The molecule has 0 N–H and O–H groups in total. The highest BCUT2D eigenvalue weighted by Crippen LogP contribution is 2.13.